The molecule has 11 nitrogen and oxygen atoms in total. The molecule has 0 atom stereocenters. The van der Waals surface area contributed by atoms with Gasteiger partial charge in [0, 0.05) is 23.8 Å². The number of benzene rings is 1. The summed E-state index contributed by atoms with van der Waals surface area (Å²) in [5.74, 6) is -0.481. The van der Waals surface area contributed by atoms with E-state index in [0.29, 0.717) is 6.42 Å². The van der Waals surface area contributed by atoms with E-state index < -0.39 is 37.6 Å². The maximum atomic E-state index is 11.6. The molecular formula is C19H18N4O7. The molecule has 30 heavy (non-hydrogen) atoms. The second kappa shape index (κ2) is 9.92. The third kappa shape index (κ3) is 5.05. The lowest BCUT2D eigenvalue weighted by atomic mass is 9.99. The predicted molar refractivity (Wildman–Crippen MR) is 106 cm³/mol. The Morgan fingerprint density at radius 3 is 2.20 bits per heavy atom. The van der Waals surface area contributed by atoms with Crippen molar-refractivity contribution in [2.45, 2.75) is 32.6 Å². The first-order chi connectivity index (χ1) is 14.3. The summed E-state index contributed by atoms with van der Waals surface area (Å²) in [7, 11) is 0. The second-order valence-electron chi connectivity index (χ2n) is 6.35. The molecule has 0 saturated carbocycles. The van der Waals surface area contributed by atoms with E-state index in [1.165, 1.54) is 12.2 Å². The van der Waals surface area contributed by atoms with Gasteiger partial charge < -0.3 is 4.74 Å². The number of nitriles is 1. The van der Waals surface area contributed by atoms with Crippen LogP contribution in [0.2, 0.25) is 0 Å². The molecule has 0 saturated heterocycles. The zero-order chi connectivity index (χ0) is 22.3. The van der Waals surface area contributed by atoms with E-state index in [4.69, 9.17) is 10.00 Å². The summed E-state index contributed by atoms with van der Waals surface area (Å²) in [4.78, 5) is 32.3. The first-order valence-corrected chi connectivity index (χ1v) is 9.06. The molecule has 0 heterocycles. The van der Waals surface area contributed by atoms with Gasteiger partial charge in [0.1, 0.15) is 0 Å². The number of ether oxygens (including phenoxy) is 1. The minimum Gasteiger partial charge on any atom is -0.482 e. The van der Waals surface area contributed by atoms with Gasteiger partial charge in [-0.3, -0.25) is 30.3 Å². The Balaban J connectivity index is 2.69. The Hall–Kier alpha value is -4.07. The number of allylic oxidation sites excluding steroid dienone is 5. The number of nitrogens with zero attached hydrogens (tertiary/aromatic N) is 4. The average Bonchev–Trinajstić information content (AvgIpc) is 2.93. The number of unbranched alkanes of at least 4 members (excludes halogenated alkanes) is 2. The smallest absolute Gasteiger partial charge is 0.318 e. The molecule has 1 aliphatic rings. The third-order valence-corrected chi connectivity index (χ3v) is 4.33. The normalized spacial score (nSPS) is 13.3. The molecule has 0 aromatic heterocycles. The minimum atomic E-state index is -0.818. The van der Waals surface area contributed by atoms with Gasteiger partial charge in [-0.25, -0.2) is 0 Å². The van der Waals surface area contributed by atoms with Crippen molar-refractivity contribution < 1.29 is 19.5 Å². The van der Waals surface area contributed by atoms with Crippen molar-refractivity contribution in [3.8, 4) is 11.8 Å². The van der Waals surface area contributed by atoms with Crippen LogP contribution < -0.4 is 4.74 Å². The molecule has 0 spiro atoms. The predicted octanol–water partition coefficient (Wildman–Crippen LogP) is 4.47. The molecule has 0 amide bonds. The number of nitro groups is 3. The topological polar surface area (TPSA) is 162 Å². The summed E-state index contributed by atoms with van der Waals surface area (Å²) in [6, 6.07) is 3.86. The monoisotopic (exact) mass is 414 g/mol. The van der Waals surface area contributed by atoms with Crippen molar-refractivity contribution in [1.29, 1.82) is 5.26 Å². The lowest BCUT2D eigenvalue weighted by molar-refractivity contribution is -0.418. The van der Waals surface area contributed by atoms with Gasteiger partial charge in [-0.1, -0.05) is 25.8 Å². The molecule has 1 aromatic carbocycles. The van der Waals surface area contributed by atoms with Crippen LogP contribution in [-0.2, 0) is 0 Å². The molecule has 1 aliphatic carbocycles. The molecule has 2 rings (SSSR count). The molecule has 11 heteroatoms. The van der Waals surface area contributed by atoms with Crippen molar-refractivity contribution in [3.05, 3.63) is 77.5 Å². The van der Waals surface area contributed by atoms with Gasteiger partial charge in [-0.05, 0) is 24.5 Å². The molecular weight excluding hydrogens is 396 g/mol. The Morgan fingerprint density at radius 1 is 1.07 bits per heavy atom. The van der Waals surface area contributed by atoms with Gasteiger partial charge in [-0.2, -0.15) is 5.26 Å². The van der Waals surface area contributed by atoms with Crippen LogP contribution in [0.15, 0.2) is 41.6 Å². The summed E-state index contributed by atoms with van der Waals surface area (Å²) in [5.41, 5.74) is -1.77. The van der Waals surface area contributed by atoms with Crippen LogP contribution in [0.1, 0.15) is 38.2 Å². The summed E-state index contributed by atoms with van der Waals surface area (Å²) in [6.07, 6.45) is 6.08. The highest BCUT2D eigenvalue weighted by atomic mass is 16.6. The minimum absolute atomic E-state index is 0.0187. The van der Waals surface area contributed by atoms with E-state index in [9.17, 15) is 30.3 Å². The van der Waals surface area contributed by atoms with Gasteiger partial charge in [0.15, 0.2) is 0 Å². The van der Waals surface area contributed by atoms with Gasteiger partial charge in [0.05, 0.1) is 33.0 Å². The van der Waals surface area contributed by atoms with Crippen molar-refractivity contribution in [2.24, 2.45) is 0 Å². The Kier molecular flexibility index (Phi) is 7.35. The van der Waals surface area contributed by atoms with E-state index in [0.717, 1.165) is 31.1 Å². The molecule has 1 aromatic rings. The highest BCUT2D eigenvalue weighted by molar-refractivity contribution is 5.78. The average molecular weight is 414 g/mol. The van der Waals surface area contributed by atoms with Crippen LogP contribution in [0.25, 0.3) is 5.57 Å². The van der Waals surface area contributed by atoms with Crippen LogP contribution in [0.4, 0.5) is 11.4 Å². The van der Waals surface area contributed by atoms with Crippen LogP contribution in [0, 0.1) is 41.7 Å². The molecule has 0 aliphatic heterocycles. The molecule has 0 N–H and O–H groups in total. The Morgan fingerprint density at radius 2 is 1.70 bits per heavy atom. The molecule has 0 fully saturated rings. The van der Waals surface area contributed by atoms with Gasteiger partial charge in [0.25, 0.3) is 11.4 Å². The first-order valence-electron chi connectivity index (χ1n) is 9.06. The molecule has 0 radical (unpaired) electrons. The van der Waals surface area contributed by atoms with Crippen molar-refractivity contribution in [3.63, 3.8) is 0 Å². The zero-order valence-electron chi connectivity index (χ0n) is 16.1. The summed E-state index contributed by atoms with van der Waals surface area (Å²) >= 11 is 0. The quantitative estimate of drug-likeness (QED) is 0.324. The Labute approximate surface area is 171 Å². The Bertz CT molecular complexity index is 983. The fourth-order valence-corrected chi connectivity index (χ4v) is 2.91. The van der Waals surface area contributed by atoms with E-state index in [1.807, 2.05) is 6.92 Å². The van der Waals surface area contributed by atoms with Crippen LogP contribution in [0.3, 0.4) is 0 Å². The lowest BCUT2D eigenvalue weighted by Gasteiger charge is -2.10. The fraction of sp³-hybridized carbons (Fsp3) is 0.316. The maximum Gasteiger partial charge on any atom is 0.318 e. The van der Waals surface area contributed by atoms with Gasteiger partial charge in [0.2, 0.25) is 0 Å². The van der Waals surface area contributed by atoms with Crippen LogP contribution in [-0.4, -0.2) is 21.4 Å². The molecule has 0 unspecified atom stereocenters. The van der Waals surface area contributed by atoms with Gasteiger partial charge >= 0.3 is 11.4 Å². The standard InChI is InChI=1S/C19H18N4O7/c1-2-3-4-8-30-19-17(22(26)27)10-14(11-18(19)23(28)29)15-7-5-6-13(12-20)9-16(15)21(24)25/h5-6,9-11H,2-4,7-8H2,1H3. The zero-order valence-corrected chi connectivity index (χ0v) is 16.1. The fourth-order valence-electron chi connectivity index (χ4n) is 2.91. The molecule has 156 valence electrons. The third-order valence-electron chi connectivity index (χ3n) is 4.33. The first kappa shape index (κ1) is 22.2. The number of hydrogen-bond donors (Lipinski definition) is 0. The van der Waals surface area contributed by atoms with E-state index in [-0.39, 0.29) is 29.7 Å². The van der Waals surface area contributed by atoms with Crippen molar-refractivity contribution in [1.82, 2.24) is 0 Å². The second-order valence-corrected chi connectivity index (χ2v) is 6.35. The van der Waals surface area contributed by atoms with E-state index in [1.54, 1.807) is 6.07 Å². The van der Waals surface area contributed by atoms with Crippen molar-refractivity contribution >= 4 is 16.9 Å². The molecule has 0 bridgehead atoms. The summed E-state index contributed by atoms with van der Waals surface area (Å²) < 4.78 is 5.37. The van der Waals surface area contributed by atoms with E-state index >= 15 is 0 Å². The summed E-state index contributed by atoms with van der Waals surface area (Å²) in [5, 5.41) is 43.8. The van der Waals surface area contributed by atoms with Crippen LogP contribution >= 0.6 is 0 Å². The van der Waals surface area contributed by atoms with Crippen molar-refractivity contribution in [2.75, 3.05) is 6.61 Å². The lowest BCUT2D eigenvalue weighted by Crippen LogP contribution is -2.06. The summed E-state index contributed by atoms with van der Waals surface area (Å²) in [6.45, 7) is 2.02. The largest absolute Gasteiger partial charge is 0.482 e. The highest BCUT2D eigenvalue weighted by Crippen LogP contribution is 2.41. The van der Waals surface area contributed by atoms with Crippen LogP contribution in [0.5, 0.6) is 5.75 Å². The van der Waals surface area contributed by atoms with E-state index in [2.05, 4.69) is 0 Å². The number of rotatable bonds is 9. The van der Waals surface area contributed by atoms with Gasteiger partial charge in [-0.15, -0.1) is 0 Å². The highest BCUT2D eigenvalue weighted by Gasteiger charge is 2.31. The SMILES string of the molecule is CCCCCOc1c([N+](=O)[O-])cc(C2=C([N+](=O)[O-])C=C(C#N)C=CC2)cc1[N+](=O)[O-]. The maximum absolute atomic E-state index is 11.6. The number of nitro benzene ring substituents is 2. The number of hydrogen-bond acceptors (Lipinski definition) is 8.